The Morgan fingerprint density at radius 2 is 1.95 bits per heavy atom. The smallest absolute Gasteiger partial charge is 0.357 e. The highest BCUT2D eigenvalue weighted by Crippen LogP contribution is 2.21. The van der Waals surface area contributed by atoms with E-state index in [2.05, 4.69) is 10.3 Å². The number of carbonyl (C=O) groups excluding carboxylic acids is 2. The Kier molecular flexibility index (Phi) is 5.49. The van der Waals surface area contributed by atoms with Gasteiger partial charge in [0.05, 0.1) is 6.04 Å². The molecule has 22 heavy (non-hydrogen) atoms. The lowest BCUT2D eigenvalue weighted by Gasteiger charge is -2.15. The van der Waals surface area contributed by atoms with Gasteiger partial charge in [-0.1, -0.05) is 35.9 Å². The van der Waals surface area contributed by atoms with Crippen molar-refractivity contribution in [3.05, 3.63) is 64.9 Å². The number of hydrogen-bond acceptors (Lipinski definition) is 4. The first-order chi connectivity index (χ1) is 10.6. The van der Waals surface area contributed by atoms with E-state index in [4.69, 9.17) is 16.3 Å². The fourth-order valence-corrected chi connectivity index (χ4v) is 2.18. The molecule has 0 saturated heterocycles. The second-order valence-corrected chi connectivity index (χ2v) is 5.01. The van der Waals surface area contributed by atoms with E-state index in [9.17, 15) is 9.59 Å². The molecule has 1 aromatic heterocycles. The molecule has 1 amide bonds. The summed E-state index contributed by atoms with van der Waals surface area (Å²) in [5, 5.41) is 3.29. The van der Waals surface area contributed by atoms with Crippen LogP contribution in [0.25, 0.3) is 0 Å². The van der Waals surface area contributed by atoms with E-state index in [1.54, 1.807) is 25.1 Å². The fourth-order valence-electron chi connectivity index (χ4n) is 1.88. The van der Waals surface area contributed by atoms with Gasteiger partial charge in [0, 0.05) is 11.2 Å². The summed E-state index contributed by atoms with van der Waals surface area (Å²) in [6.07, 6.45) is 1.48. The van der Waals surface area contributed by atoms with Crippen LogP contribution < -0.4 is 5.32 Å². The molecule has 0 fully saturated rings. The van der Waals surface area contributed by atoms with Gasteiger partial charge >= 0.3 is 5.97 Å². The highest BCUT2D eigenvalue weighted by molar-refractivity contribution is 6.31. The second-order valence-electron chi connectivity index (χ2n) is 4.60. The first-order valence-electron chi connectivity index (χ1n) is 6.70. The number of esters is 1. The lowest BCUT2D eigenvalue weighted by molar-refractivity contribution is -0.124. The SMILES string of the molecule is C[C@H](NC(=O)COC(=O)c1ccccn1)c1ccccc1Cl. The monoisotopic (exact) mass is 318 g/mol. The molecule has 5 nitrogen and oxygen atoms in total. The Hall–Kier alpha value is -2.40. The Morgan fingerprint density at radius 3 is 2.64 bits per heavy atom. The van der Waals surface area contributed by atoms with Gasteiger partial charge in [-0.2, -0.15) is 0 Å². The number of ether oxygens (including phenoxy) is 1. The summed E-state index contributed by atoms with van der Waals surface area (Å²) < 4.78 is 4.91. The van der Waals surface area contributed by atoms with Crippen LogP contribution in [0.4, 0.5) is 0 Å². The Bertz CT molecular complexity index is 661. The van der Waals surface area contributed by atoms with Crippen molar-refractivity contribution in [1.82, 2.24) is 10.3 Å². The minimum Gasteiger partial charge on any atom is -0.451 e. The van der Waals surface area contributed by atoms with Crippen LogP contribution in [0, 0.1) is 0 Å². The average molecular weight is 319 g/mol. The maximum atomic E-state index is 11.8. The van der Waals surface area contributed by atoms with E-state index in [1.165, 1.54) is 12.3 Å². The van der Waals surface area contributed by atoms with E-state index in [0.717, 1.165) is 5.56 Å². The highest BCUT2D eigenvalue weighted by Gasteiger charge is 2.14. The molecule has 0 spiro atoms. The van der Waals surface area contributed by atoms with Gasteiger partial charge < -0.3 is 10.1 Å². The molecule has 2 aromatic rings. The third-order valence-corrected chi connectivity index (χ3v) is 3.30. The Labute approximate surface area is 133 Å². The molecule has 0 unspecified atom stereocenters. The van der Waals surface area contributed by atoms with E-state index in [1.807, 2.05) is 18.2 Å². The molecule has 6 heteroatoms. The first kappa shape index (κ1) is 16.0. The van der Waals surface area contributed by atoms with Crippen molar-refractivity contribution in [2.75, 3.05) is 6.61 Å². The molecule has 114 valence electrons. The quantitative estimate of drug-likeness (QED) is 0.861. The second kappa shape index (κ2) is 7.56. The lowest BCUT2D eigenvalue weighted by atomic mass is 10.1. The number of rotatable bonds is 5. The molecule has 1 heterocycles. The molecule has 0 aliphatic carbocycles. The number of nitrogens with one attached hydrogen (secondary N) is 1. The zero-order valence-electron chi connectivity index (χ0n) is 12.0. The maximum Gasteiger partial charge on any atom is 0.357 e. The number of aromatic nitrogens is 1. The Morgan fingerprint density at radius 1 is 1.23 bits per heavy atom. The number of benzene rings is 1. The number of hydrogen-bond donors (Lipinski definition) is 1. The van der Waals surface area contributed by atoms with Crippen LogP contribution in [0.3, 0.4) is 0 Å². The molecule has 0 bridgehead atoms. The highest BCUT2D eigenvalue weighted by atomic mass is 35.5. The van der Waals surface area contributed by atoms with Gasteiger partial charge in [-0.05, 0) is 30.7 Å². The van der Waals surface area contributed by atoms with Gasteiger partial charge in [0.25, 0.3) is 5.91 Å². The van der Waals surface area contributed by atoms with E-state index >= 15 is 0 Å². The predicted octanol–water partition coefficient (Wildman–Crippen LogP) is 2.77. The van der Waals surface area contributed by atoms with Gasteiger partial charge in [-0.15, -0.1) is 0 Å². The van der Waals surface area contributed by atoms with Crippen LogP contribution in [-0.4, -0.2) is 23.5 Å². The summed E-state index contributed by atoms with van der Waals surface area (Å²) in [7, 11) is 0. The average Bonchev–Trinajstić information content (AvgIpc) is 2.53. The Balaban J connectivity index is 1.86. The maximum absolute atomic E-state index is 11.8. The van der Waals surface area contributed by atoms with E-state index < -0.39 is 11.9 Å². The molecule has 1 aromatic carbocycles. The molecular formula is C16H15ClN2O3. The van der Waals surface area contributed by atoms with Gasteiger partial charge in [0.15, 0.2) is 6.61 Å². The predicted molar refractivity (Wildman–Crippen MR) is 82.5 cm³/mol. The van der Waals surface area contributed by atoms with Crippen LogP contribution in [0.15, 0.2) is 48.7 Å². The van der Waals surface area contributed by atoms with Crippen LogP contribution in [-0.2, 0) is 9.53 Å². The molecule has 2 rings (SSSR count). The van der Waals surface area contributed by atoms with Gasteiger partial charge in [-0.3, -0.25) is 4.79 Å². The van der Waals surface area contributed by atoms with Crippen molar-refractivity contribution in [3.63, 3.8) is 0 Å². The third-order valence-electron chi connectivity index (χ3n) is 2.96. The summed E-state index contributed by atoms with van der Waals surface area (Å²) >= 11 is 6.07. The van der Waals surface area contributed by atoms with Crippen LogP contribution in [0.2, 0.25) is 5.02 Å². The van der Waals surface area contributed by atoms with Gasteiger partial charge in [0.1, 0.15) is 5.69 Å². The normalized spacial score (nSPS) is 11.5. The summed E-state index contributed by atoms with van der Waals surface area (Å²) in [5.74, 6) is -1.04. The topological polar surface area (TPSA) is 68.3 Å². The number of amides is 1. The summed E-state index contributed by atoms with van der Waals surface area (Å²) in [6, 6.07) is 11.8. The van der Waals surface area contributed by atoms with E-state index in [0.29, 0.717) is 5.02 Å². The van der Waals surface area contributed by atoms with Crippen LogP contribution in [0.5, 0.6) is 0 Å². The molecule has 0 aliphatic rings. The van der Waals surface area contributed by atoms with Crippen LogP contribution in [0.1, 0.15) is 29.0 Å². The number of halogens is 1. The molecule has 1 N–H and O–H groups in total. The first-order valence-corrected chi connectivity index (χ1v) is 7.07. The van der Waals surface area contributed by atoms with Crippen molar-refractivity contribution >= 4 is 23.5 Å². The zero-order valence-corrected chi connectivity index (χ0v) is 12.7. The minimum atomic E-state index is -0.638. The number of carbonyl (C=O) groups is 2. The molecule has 0 radical (unpaired) electrons. The molecular weight excluding hydrogens is 304 g/mol. The number of nitrogens with zero attached hydrogens (tertiary/aromatic N) is 1. The summed E-state index contributed by atoms with van der Waals surface area (Å²) in [6.45, 7) is 1.43. The largest absolute Gasteiger partial charge is 0.451 e. The van der Waals surface area contributed by atoms with Gasteiger partial charge in [0.2, 0.25) is 0 Å². The van der Waals surface area contributed by atoms with Crippen molar-refractivity contribution in [3.8, 4) is 0 Å². The minimum absolute atomic E-state index is 0.162. The van der Waals surface area contributed by atoms with E-state index in [-0.39, 0.29) is 18.3 Å². The standard InChI is InChI=1S/C16H15ClN2O3/c1-11(12-6-2-3-7-13(12)17)19-15(20)10-22-16(21)14-8-4-5-9-18-14/h2-9,11H,10H2,1H3,(H,19,20)/t11-/m0/s1. The third kappa shape index (κ3) is 4.30. The lowest BCUT2D eigenvalue weighted by Crippen LogP contribution is -2.31. The van der Waals surface area contributed by atoms with Crippen molar-refractivity contribution < 1.29 is 14.3 Å². The van der Waals surface area contributed by atoms with Crippen molar-refractivity contribution in [1.29, 1.82) is 0 Å². The molecule has 0 aliphatic heterocycles. The summed E-state index contributed by atoms with van der Waals surface area (Å²) in [4.78, 5) is 27.3. The fraction of sp³-hybridized carbons (Fsp3) is 0.188. The van der Waals surface area contributed by atoms with Crippen molar-refractivity contribution in [2.45, 2.75) is 13.0 Å². The van der Waals surface area contributed by atoms with Crippen LogP contribution >= 0.6 is 11.6 Å². The molecule has 0 saturated carbocycles. The van der Waals surface area contributed by atoms with Crippen molar-refractivity contribution in [2.24, 2.45) is 0 Å². The summed E-state index contributed by atoms with van der Waals surface area (Å²) in [5.41, 5.74) is 0.961. The number of pyridine rings is 1. The van der Waals surface area contributed by atoms with Gasteiger partial charge in [-0.25, -0.2) is 9.78 Å². The molecule has 1 atom stereocenters. The zero-order chi connectivity index (χ0) is 15.9.